The number of non-ortho nitro benzene ring substituents is 1. The Morgan fingerprint density at radius 3 is 2.43 bits per heavy atom. The molecule has 0 radical (unpaired) electrons. The molecule has 0 fully saturated rings. The van der Waals surface area contributed by atoms with Crippen LogP contribution in [0.4, 0.5) is 11.4 Å². The largest absolute Gasteiger partial charge is 0.366 e. The molecule has 0 aliphatic heterocycles. The fourth-order valence-corrected chi connectivity index (χ4v) is 1.82. The molecule has 23 heavy (non-hydrogen) atoms. The summed E-state index contributed by atoms with van der Waals surface area (Å²) in [5.74, 6) is -0.947. The van der Waals surface area contributed by atoms with E-state index in [0.717, 1.165) is 0 Å². The van der Waals surface area contributed by atoms with Gasteiger partial charge in [-0.15, -0.1) is 0 Å². The van der Waals surface area contributed by atoms with Crippen molar-refractivity contribution in [3.8, 4) is 0 Å². The number of anilines is 1. The smallest absolute Gasteiger partial charge is 0.270 e. The average molecular weight is 311 g/mol. The van der Waals surface area contributed by atoms with Gasteiger partial charge in [-0.3, -0.25) is 19.7 Å². The minimum Gasteiger partial charge on any atom is -0.366 e. The molecule has 2 rings (SSSR count). The highest BCUT2D eigenvalue weighted by Gasteiger charge is 2.05. The number of hydrogen-bond acceptors (Lipinski definition) is 4. The number of nitrogens with zero attached hydrogens (tertiary/aromatic N) is 1. The van der Waals surface area contributed by atoms with E-state index < -0.39 is 16.7 Å². The fraction of sp³-hybridized carbons (Fsp3) is 0. The van der Waals surface area contributed by atoms with E-state index >= 15 is 0 Å². The van der Waals surface area contributed by atoms with Gasteiger partial charge in [-0.1, -0.05) is 12.1 Å². The second-order valence-corrected chi connectivity index (χ2v) is 4.62. The van der Waals surface area contributed by atoms with Crippen LogP contribution in [0.5, 0.6) is 0 Å². The number of carbonyl (C=O) groups is 2. The molecule has 0 atom stereocenters. The van der Waals surface area contributed by atoms with E-state index in [1.54, 1.807) is 18.2 Å². The third kappa shape index (κ3) is 4.50. The standard InChI is InChI=1S/C16H13N3O4/c17-16(21)12-5-7-13(8-6-12)18-15(20)9-4-11-2-1-3-14(10-11)19(22)23/h1-10H,(H2,17,21)(H,18,20)/b9-4+. The van der Waals surface area contributed by atoms with Gasteiger partial charge in [-0.05, 0) is 35.9 Å². The minimum absolute atomic E-state index is 0.0467. The van der Waals surface area contributed by atoms with Crippen molar-refractivity contribution in [2.24, 2.45) is 5.73 Å². The number of nitro groups is 1. The maximum atomic E-state index is 11.8. The molecule has 3 N–H and O–H groups in total. The Kier molecular flexibility index (Phi) is 4.83. The van der Waals surface area contributed by atoms with Crippen LogP contribution in [0.3, 0.4) is 0 Å². The zero-order valence-electron chi connectivity index (χ0n) is 11.9. The third-order valence-corrected chi connectivity index (χ3v) is 2.95. The molecule has 7 heteroatoms. The van der Waals surface area contributed by atoms with E-state index in [-0.39, 0.29) is 5.69 Å². The van der Waals surface area contributed by atoms with Crippen LogP contribution in [0, 0.1) is 10.1 Å². The second kappa shape index (κ2) is 6.99. The van der Waals surface area contributed by atoms with Gasteiger partial charge in [0.25, 0.3) is 5.69 Å². The molecule has 116 valence electrons. The van der Waals surface area contributed by atoms with Crippen molar-refractivity contribution in [2.75, 3.05) is 5.32 Å². The van der Waals surface area contributed by atoms with E-state index in [1.807, 2.05) is 0 Å². The minimum atomic E-state index is -0.548. The molecule has 0 aliphatic rings. The molecule has 0 saturated heterocycles. The first-order valence-electron chi connectivity index (χ1n) is 6.59. The molecule has 7 nitrogen and oxygen atoms in total. The van der Waals surface area contributed by atoms with Crippen molar-refractivity contribution >= 4 is 29.3 Å². The average Bonchev–Trinajstić information content (AvgIpc) is 2.53. The van der Waals surface area contributed by atoms with Gasteiger partial charge >= 0.3 is 0 Å². The highest BCUT2D eigenvalue weighted by molar-refractivity contribution is 6.02. The number of nitrogens with one attached hydrogen (secondary N) is 1. The lowest BCUT2D eigenvalue weighted by Gasteiger charge is -2.02. The van der Waals surface area contributed by atoms with Crippen LogP contribution in [-0.2, 0) is 4.79 Å². The molecular formula is C16H13N3O4. The molecule has 2 aromatic carbocycles. The Morgan fingerprint density at radius 1 is 1.13 bits per heavy atom. The lowest BCUT2D eigenvalue weighted by atomic mass is 10.2. The summed E-state index contributed by atoms with van der Waals surface area (Å²) in [7, 11) is 0. The lowest BCUT2D eigenvalue weighted by Crippen LogP contribution is -2.11. The summed E-state index contributed by atoms with van der Waals surface area (Å²) in [5.41, 5.74) is 6.46. The quantitative estimate of drug-likeness (QED) is 0.501. The van der Waals surface area contributed by atoms with Crippen molar-refractivity contribution in [1.82, 2.24) is 0 Å². The molecular weight excluding hydrogens is 298 g/mol. The molecule has 0 spiro atoms. The van der Waals surface area contributed by atoms with Gasteiger partial charge in [-0.2, -0.15) is 0 Å². The molecule has 0 aliphatic carbocycles. The summed E-state index contributed by atoms with van der Waals surface area (Å²) in [6.07, 6.45) is 2.74. The number of hydrogen-bond donors (Lipinski definition) is 2. The van der Waals surface area contributed by atoms with Crippen molar-refractivity contribution in [1.29, 1.82) is 0 Å². The highest BCUT2D eigenvalue weighted by Crippen LogP contribution is 2.14. The molecule has 2 amide bonds. The van der Waals surface area contributed by atoms with Crippen LogP contribution in [0.15, 0.2) is 54.6 Å². The van der Waals surface area contributed by atoms with Gasteiger partial charge in [0.05, 0.1) is 4.92 Å². The Labute approximate surface area is 131 Å². The topological polar surface area (TPSA) is 115 Å². The van der Waals surface area contributed by atoms with Crippen molar-refractivity contribution in [2.45, 2.75) is 0 Å². The Hall–Kier alpha value is -3.48. The lowest BCUT2D eigenvalue weighted by molar-refractivity contribution is -0.384. The maximum absolute atomic E-state index is 11.8. The van der Waals surface area contributed by atoms with Crippen molar-refractivity contribution < 1.29 is 14.5 Å². The second-order valence-electron chi connectivity index (χ2n) is 4.62. The number of nitrogens with two attached hydrogens (primary N) is 1. The normalized spacial score (nSPS) is 10.4. The summed E-state index contributed by atoms with van der Waals surface area (Å²) < 4.78 is 0. The first-order chi connectivity index (χ1) is 11.0. The van der Waals surface area contributed by atoms with E-state index in [9.17, 15) is 19.7 Å². The summed E-state index contributed by atoms with van der Waals surface area (Å²) in [5, 5.41) is 13.3. The summed E-state index contributed by atoms with van der Waals surface area (Å²) in [4.78, 5) is 32.9. The zero-order chi connectivity index (χ0) is 16.8. The van der Waals surface area contributed by atoms with Crippen LogP contribution in [0.2, 0.25) is 0 Å². The highest BCUT2D eigenvalue weighted by atomic mass is 16.6. The third-order valence-electron chi connectivity index (χ3n) is 2.95. The monoisotopic (exact) mass is 311 g/mol. The summed E-state index contributed by atoms with van der Waals surface area (Å²) >= 11 is 0. The molecule has 0 unspecified atom stereocenters. The number of benzene rings is 2. The van der Waals surface area contributed by atoms with Crippen molar-refractivity contribution in [3.05, 3.63) is 75.8 Å². The van der Waals surface area contributed by atoms with E-state index in [0.29, 0.717) is 16.8 Å². The van der Waals surface area contributed by atoms with Crippen LogP contribution in [-0.4, -0.2) is 16.7 Å². The van der Waals surface area contributed by atoms with Crippen LogP contribution < -0.4 is 11.1 Å². The molecule has 0 aromatic heterocycles. The van der Waals surface area contributed by atoms with Crippen LogP contribution in [0.1, 0.15) is 15.9 Å². The van der Waals surface area contributed by atoms with Gasteiger partial charge in [0.1, 0.15) is 0 Å². The van der Waals surface area contributed by atoms with Gasteiger partial charge in [0.2, 0.25) is 11.8 Å². The molecule has 0 bridgehead atoms. The van der Waals surface area contributed by atoms with Gasteiger partial charge < -0.3 is 11.1 Å². The zero-order valence-corrected chi connectivity index (χ0v) is 11.9. The van der Waals surface area contributed by atoms with Gasteiger partial charge in [-0.25, -0.2) is 0 Å². The number of rotatable bonds is 5. The number of primary amides is 1. The van der Waals surface area contributed by atoms with E-state index in [1.165, 1.54) is 42.5 Å². The predicted molar refractivity (Wildman–Crippen MR) is 85.7 cm³/mol. The van der Waals surface area contributed by atoms with E-state index in [4.69, 9.17) is 5.73 Å². The fourth-order valence-electron chi connectivity index (χ4n) is 1.82. The van der Waals surface area contributed by atoms with Crippen molar-refractivity contribution in [3.63, 3.8) is 0 Å². The maximum Gasteiger partial charge on any atom is 0.270 e. The number of amides is 2. The first kappa shape index (κ1) is 15.9. The van der Waals surface area contributed by atoms with Gasteiger partial charge in [0, 0.05) is 29.5 Å². The Balaban J connectivity index is 2.02. The Morgan fingerprint density at radius 2 is 1.83 bits per heavy atom. The number of carbonyl (C=O) groups excluding carboxylic acids is 2. The van der Waals surface area contributed by atoms with E-state index in [2.05, 4.69) is 5.32 Å². The molecule has 2 aromatic rings. The summed E-state index contributed by atoms with van der Waals surface area (Å²) in [6.45, 7) is 0. The molecule has 0 saturated carbocycles. The van der Waals surface area contributed by atoms with Gasteiger partial charge in [0.15, 0.2) is 0 Å². The van der Waals surface area contributed by atoms with Crippen LogP contribution >= 0.6 is 0 Å². The summed E-state index contributed by atoms with van der Waals surface area (Å²) in [6, 6.07) is 12.0. The van der Waals surface area contributed by atoms with Crippen LogP contribution in [0.25, 0.3) is 6.08 Å². The SMILES string of the molecule is NC(=O)c1ccc(NC(=O)/C=C/c2cccc([N+](=O)[O-])c2)cc1. The predicted octanol–water partition coefficient (Wildman–Crippen LogP) is 2.35. The molecule has 0 heterocycles. The first-order valence-corrected chi connectivity index (χ1v) is 6.59. The Bertz CT molecular complexity index is 782. The number of nitro benzene ring substituents is 1.